The topological polar surface area (TPSA) is 15.7 Å². The molecule has 3 nitrogen and oxygen atoms in total. The number of halogens is 1. The minimum atomic E-state index is -0.476. The second kappa shape index (κ2) is 7.87. The number of hydrogen-bond donors (Lipinski definition) is 0. The van der Waals surface area contributed by atoms with E-state index in [1.165, 1.54) is 28.8 Å². The molecule has 2 aromatic carbocycles. The van der Waals surface area contributed by atoms with Crippen LogP contribution >= 0.6 is 0 Å². The number of rotatable bonds is 7. The van der Waals surface area contributed by atoms with Gasteiger partial charge in [-0.2, -0.15) is 0 Å². The highest BCUT2D eigenvalue weighted by Gasteiger charge is 2.41. The maximum absolute atomic E-state index is 13.5. The number of ether oxygens (including phenoxy) is 1. The number of hydrogen-bond acceptors (Lipinski definition) is 3. The van der Waals surface area contributed by atoms with Crippen molar-refractivity contribution in [1.82, 2.24) is 9.80 Å². The maximum atomic E-state index is 13.5. The van der Waals surface area contributed by atoms with Crippen LogP contribution < -0.4 is 0 Å². The zero-order valence-electron chi connectivity index (χ0n) is 16.3. The van der Waals surface area contributed by atoms with Crippen LogP contribution in [0.15, 0.2) is 42.5 Å². The predicted molar refractivity (Wildman–Crippen MR) is 104 cm³/mol. The average Bonchev–Trinajstić information content (AvgIpc) is 2.94. The van der Waals surface area contributed by atoms with E-state index in [0.29, 0.717) is 6.61 Å². The van der Waals surface area contributed by atoms with E-state index in [1.807, 2.05) is 12.1 Å². The van der Waals surface area contributed by atoms with E-state index in [2.05, 4.69) is 56.2 Å². The predicted octanol–water partition coefficient (Wildman–Crippen LogP) is 4.00. The Labute approximate surface area is 156 Å². The van der Waals surface area contributed by atoms with Crippen molar-refractivity contribution in [2.75, 3.05) is 34.7 Å². The van der Waals surface area contributed by atoms with Gasteiger partial charge in [-0.15, -0.1) is 0 Å². The largest absolute Gasteiger partial charge is 0.361 e. The second-order valence-corrected chi connectivity index (χ2v) is 7.76. The van der Waals surface area contributed by atoms with Crippen LogP contribution in [0.2, 0.25) is 0 Å². The van der Waals surface area contributed by atoms with Crippen molar-refractivity contribution < 1.29 is 9.13 Å². The Morgan fingerprint density at radius 3 is 2.38 bits per heavy atom. The Balaban J connectivity index is 1.97. The molecule has 1 aliphatic rings. The Morgan fingerprint density at radius 2 is 1.73 bits per heavy atom. The lowest BCUT2D eigenvalue weighted by atomic mass is 9.81. The summed E-state index contributed by atoms with van der Waals surface area (Å²) >= 11 is 0. The third kappa shape index (κ3) is 3.98. The van der Waals surface area contributed by atoms with E-state index >= 15 is 0 Å². The smallest absolute Gasteiger partial charge is 0.123 e. The summed E-state index contributed by atoms with van der Waals surface area (Å²) in [4.78, 5) is 4.36. The van der Waals surface area contributed by atoms with E-state index in [0.717, 1.165) is 31.5 Å². The second-order valence-electron chi connectivity index (χ2n) is 7.76. The summed E-state index contributed by atoms with van der Waals surface area (Å²) in [6.45, 7) is 2.52. The van der Waals surface area contributed by atoms with Crippen molar-refractivity contribution >= 4 is 0 Å². The molecule has 0 N–H and O–H groups in total. The summed E-state index contributed by atoms with van der Waals surface area (Å²) < 4.78 is 19.9. The molecule has 0 fully saturated rings. The number of fused-ring (bicyclic) bond motifs is 1. The summed E-state index contributed by atoms with van der Waals surface area (Å²) in [5.74, 6) is -0.211. The minimum Gasteiger partial charge on any atom is -0.361 e. The van der Waals surface area contributed by atoms with Crippen LogP contribution in [0, 0.1) is 5.82 Å². The molecule has 0 aromatic heterocycles. The molecule has 0 spiro atoms. The van der Waals surface area contributed by atoms with Crippen LogP contribution in [0.4, 0.5) is 4.39 Å². The Morgan fingerprint density at radius 1 is 1.00 bits per heavy atom. The molecule has 0 amide bonds. The molecule has 1 aliphatic heterocycles. The van der Waals surface area contributed by atoms with Gasteiger partial charge in [0, 0.05) is 6.54 Å². The van der Waals surface area contributed by atoms with Crippen molar-refractivity contribution in [3.63, 3.8) is 0 Å². The Bertz CT molecular complexity index is 742. The molecule has 0 aliphatic carbocycles. The van der Waals surface area contributed by atoms with Gasteiger partial charge >= 0.3 is 0 Å². The van der Waals surface area contributed by atoms with Gasteiger partial charge in [0.15, 0.2) is 0 Å². The van der Waals surface area contributed by atoms with Gasteiger partial charge in [0.1, 0.15) is 11.4 Å². The average molecular weight is 356 g/mol. The molecule has 1 heterocycles. The highest BCUT2D eigenvalue weighted by atomic mass is 19.1. The van der Waals surface area contributed by atoms with Crippen LogP contribution in [0.25, 0.3) is 0 Å². The molecule has 1 atom stereocenters. The van der Waals surface area contributed by atoms with E-state index < -0.39 is 5.60 Å². The molecule has 4 heteroatoms. The lowest BCUT2D eigenvalue weighted by Gasteiger charge is -2.31. The van der Waals surface area contributed by atoms with Crippen molar-refractivity contribution in [2.24, 2.45) is 0 Å². The van der Waals surface area contributed by atoms with Crippen molar-refractivity contribution in [3.8, 4) is 0 Å². The normalized spacial score (nSPS) is 19.3. The van der Waals surface area contributed by atoms with Gasteiger partial charge in [0.2, 0.25) is 0 Å². The van der Waals surface area contributed by atoms with Gasteiger partial charge in [0.25, 0.3) is 0 Å². The van der Waals surface area contributed by atoms with Gasteiger partial charge in [-0.3, -0.25) is 0 Å². The third-order valence-corrected chi connectivity index (χ3v) is 5.02. The molecular formula is C22H29FN2O. The summed E-state index contributed by atoms with van der Waals surface area (Å²) in [7, 11) is 8.32. The van der Waals surface area contributed by atoms with Gasteiger partial charge < -0.3 is 14.5 Å². The first kappa shape index (κ1) is 19.0. The lowest BCUT2D eigenvalue weighted by molar-refractivity contribution is -0.0140. The molecule has 2 aromatic rings. The highest BCUT2D eigenvalue weighted by Crippen LogP contribution is 2.45. The quantitative estimate of drug-likeness (QED) is 0.746. The fourth-order valence-electron chi connectivity index (χ4n) is 3.86. The first-order chi connectivity index (χ1) is 12.4. The maximum Gasteiger partial charge on any atom is 0.123 e. The molecule has 3 rings (SSSR count). The highest BCUT2D eigenvalue weighted by molar-refractivity contribution is 5.45. The van der Waals surface area contributed by atoms with Crippen LogP contribution in [0.5, 0.6) is 0 Å². The molecule has 140 valence electrons. The first-order valence-electron chi connectivity index (χ1n) is 9.22. The number of benzene rings is 2. The molecule has 0 saturated carbocycles. The summed E-state index contributed by atoms with van der Waals surface area (Å²) in [5, 5.41) is 0. The Hall–Kier alpha value is -1.75. The molecular weight excluding hydrogens is 327 g/mol. The molecule has 26 heavy (non-hydrogen) atoms. The SMILES string of the molecule is CN(C)CCCC1(c2ccc(F)cc2)OCc2cc(CN(C)C)ccc21. The third-order valence-electron chi connectivity index (χ3n) is 5.02. The van der Waals surface area contributed by atoms with E-state index in [4.69, 9.17) is 4.74 Å². The van der Waals surface area contributed by atoms with E-state index in [9.17, 15) is 4.39 Å². The molecule has 0 bridgehead atoms. The van der Waals surface area contributed by atoms with E-state index in [-0.39, 0.29) is 5.82 Å². The molecule has 0 radical (unpaired) electrons. The molecule has 0 saturated heterocycles. The van der Waals surface area contributed by atoms with Gasteiger partial charge in [-0.1, -0.05) is 30.3 Å². The fraction of sp³-hybridized carbons (Fsp3) is 0.455. The molecule has 1 unspecified atom stereocenters. The van der Waals surface area contributed by atoms with Crippen LogP contribution in [0.3, 0.4) is 0 Å². The Kier molecular flexibility index (Phi) is 5.76. The summed E-state index contributed by atoms with van der Waals surface area (Å²) in [5.41, 5.74) is 4.33. The van der Waals surface area contributed by atoms with Gasteiger partial charge in [0.05, 0.1) is 6.61 Å². The standard InChI is InChI=1S/C22H29FN2O/c1-24(2)13-5-12-22(19-7-9-20(23)10-8-19)21-11-6-17(15-25(3)4)14-18(21)16-26-22/h6-11,14H,5,12-13,15-16H2,1-4H3. The zero-order chi connectivity index (χ0) is 18.7. The van der Waals surface area contributed by atoms with Crippen molar-refractivity contribution in [1.29, 1.82) is 0 Å². The van der Waals surface area contributed by atoms with Gasteiger partial charge in [-0.05, 0) is 82.0 Å². The lowest BCUT2D eigenvalue weighted by Crippen LogP contribution is -2.28. The summed E-state index contributed by atoms with van der Waals surface area (Å²) in [6, 6.07) is 13.5. The monoisotopic (exact) mass is 356 g/mol. The van der Waals surface area contributed by atoms with Crippen LogP contribution in [0.1, 0.15) is 35.1 Å². The fourth-order valence-corrected chi connectivity index (χ4v) is 3.86. The van der Waals surface area contributed by atoms with Crippen molar-refractivity contribution in [2.45, 2.75) is 31.6 Å². The van der Waals surface area contributed by atoms with Crippen LogP contribution in [-0.4, -0.2) is 44.5 Å². The number of nitrogens with zero attached hydrogens (tertiary/aromatic N) is 2. The van der Waals surface area contributed by atoms with Crippen molar-refractivity contribution in [3.05, 3.63) is 70.5 Å². The van der Waals surface area contributed by atoms with Gasteiger partial charge in [-0.25, -0.2) is 4.39 Å². The zero-order valence-corrected chi connectivity index (χ0v) is 16.3. The minimum absolute atomic E-state index is 0.211. The van der Waals surface area contributed by atoms with Crippen LogP contribution in [-0.2, 0) is 23.5 Å². The van der Waals surface area contributed by atoms with E-state index in [1.54, 1.807) is 0 Å². The summed E-state index contributed by atoms with van der Waals surface area (Å²) in [6.07, 6.45) is 1.90. The first-order valence-corrected chi connectivity index (χ1v) is 9.22.